The number of hydrogen-bond donors (Lipinski definition) is 1. The molecule has 13 heteroatoms. The van der Waals surface area contributed by atoms with Crippen LogP contribution in [-0.4, -0.2) is 65.8 Å². The van der Waals surface area contributed by atoms with E-state index in [1.54, 1.807) is 36.6 Å². The van der Waals surface area contributed by atoms with Crippen LogP contribution < -0.4 is 14.2 Å². The highest BCUT2D eigenvalue weighted by molar-refractivity contribution is 7.93. The van der Waals surface area contributed by atoms with Crippen LogP contribution >= 0.6 is 0 Å². The van der Waals surface area contributed by atoms with Crippen LogP contribution in [0.15, 0.2) is 30.6 Å². The number of methoxy groups -OCH3 is 2. The number of hydrogen-bond acceptors (Lipinski definition) is 10. The summed E-state index contributed by atoms with van der Waals surface area (Å²) in [6.07, 6.45) is 3.45. The van der Waals surface area contributed by atoms with Crippen molar-refractivity contribution in [1.82, 2.24) is 24.7 Å². The Hall–Kier alpha value is -3.76. The molecule has 0 saturated carbocycles. The molecule has 1 N–H and O–H groups in total. The van der Waals surface area contributed by atoms with Crippen LogP contribution in [0, 0.1) is 11.3 Å². The number of nitrogens with one attached hydrogen (secondary N) is 1. The number of anilines is 1. The van der Waals surface area contributed by atoms with Gasteiger partial charge in [-0.05, 0) is 25.5 Å². The highest BCUT2D eigenvalue weighted by Gasteiger charge is 2.34. The number of sulfonamides is 1. The van der Waals surface area contributed by atoms with Crippen LogP contribution in [0.1, 0.15) is 49.3 Å². The van der Waals surface area contributed by atoms with Gasteiger partial charge in [-0.3, -0.25) is 9.29 Å². The average molecular weight is 514 g/mol. The van der Waals surface area contributed by atoms with E-state index in [2.05, 4.69) is 24.9 Å². The Kier molecular flexibility index (Phi) is 7.37. The smallest absolute Gasteiger partial charge is 0.243 e. The largest absolute Gasteiger partial charge is 0.494 e. The van der Waals surface area contributed by atoms with Crippen LogP contribution in [0.2, 0.25) is 0 Å². The zero-order valence-electron chi connectivity index (χ0n) is 20.4. The van der Waals surface area contributed by atoms with Crippen LogP contribution in [0.5, 0.6) is 11.5 Å². The Morgan fingerprint density at radius 1 is 1.17 bits per heavy atom. The fourth-order valence-corrected chi connectivity index (χ4v) is 5.20. The lowest BCUT2D eigenvalue weighted by atomic mass is 10.1. The van der Waals surface area contributed by atoms with Gasteiger partial charge in [0, 0.05) is 30.8 Å². The minimum Gasteiger partial charge on any atom is -0.494 e. The first kappa shape index (κ1) is 25.3. The van der Waals surface area contributed by atoms with E-state index in [-0.39, 0.29) is 11.9 Å². The molecule has 2 aromatic heterocycles. The lowest BCUT2D eigenvalue weighted by Gasteiger charge is -2.22. The van der Waals surface area contributed by atoms with Crippen molar-refractivity contribution in [3.8, 4) is 23.3 Å². The van der Waals surface area contributed by atoms with E-state index in [4.69, 9.17) is 19.5 Å². The van der Waals surface area contributed by atoms with E-state index in [0.29, 0.717) is 54.0 Å². The summed E-state index contributed by atoms with van der Waals surface area (Å²) in [4.78, 5) is 8.30. The maximum absolute atomic E-state index is 13.5. The topological polar surface area (TPSA) is 154 Å². The molecule has 3 aromatic rings. The van der Waals surface area contributed by atoms with Crippen LogP contribution in [0.3, 0.4) is 0 Å². The van der Waals surface area contributed by atoms with Gasteiger partial charge in [0.1, 0.15) is 34.9 Å². The van der Waals surface area contributed by atoms with E-state index >= 15 is 0 Å². The SMILES string of the molecule is COc1cccc(OC)c1-n1c(NS(=O)(=O)C(C)C(C)c2ncc(C#N)cn2)nnc1[C@@H]1CCOC1. The van der Waals surface area contributed by atoms with Gasteiger partial charge in [0.2, 0.25) is 16.0 Å². The normalized spacial score (nSPS) is 17.2. The van der Waals surface area contributed by atoms with Gasteiger partial charge in [-0.15, -0.1) is 10.2 Å². The summed E-state index contributed by atoms with van der Waals surface area (Å²) in [6, 6.07) is 7.22. The first-order chi connectivity index (χ1) is 17.3. The second-order valence-corrected chi connectivity index (χ2v) is 10.4. The molecule has 3 atom stereocenters. The number of ether oxygens (including phenoxy) is 3. The number of nitrogens with zero attached hydrogens (tertiary/aromatic N) is 6. The number of para-hydroxylation sites is 1. The molecule has 0 aliphatic carbocycles. The summed E-state index contributed by atoms with van der Waals surface area (Å²) in [6.45, 7) is 4.28. The lowest BCUT2D eigenvalue weighted by Crippen LogP contribution is -2.31. The van der Waals surface area contributed by atoms with Crippen molar-refractivity contribution in [2.45, 2.75) is 37.4 Å². The van der Waals surface area contributed by atoms with Crippen molar-refractivity contribution in [1.29, 1.82) is 5.26 Å². The molecule has 1 aromatic carbocycles. The minimum absolute atomic E-state index is 0.000466. The predicted octanol–water partition coefficient (Wildman–Crippen LogP) is 2.38. The van der Waals surface area contributed by atoms with E-state index < -0.39 is 21.2 Å². The van der Waals surface area contributed by atoms with Crippen molar-refractivity contribution in [2.24, 2.45) is 0 Å². The molecule has 0 bridgehead atoms. The molecule has 2 unspecified atom stereocenters. The number of aromatic nitrogens is 5. The van der Waals surface area contributed by atoms with Gasteiger partial charge >= 0.3 is 0 Å². The molecule has 12 nitrogen and oxygen atoms in total. The Morgan fingerprint density at radius 2 is 1.83 bits per heavy atom. The van der Waals surface area contributed by atoms with Gasteiger partial charge in [-0.2, -0.15) is 5.26 Å². The van der Waals surface area contributed by atoms with Gasteiger partial charge in [0.25, 0.3) is 0 Å². The van der Waals surface area contributed by atoms with Crippen molar-refractivity contribution < 1.29 is 22.6 Å². The van der Waals surface area contributed by atoms with Gasteiger partial charge in [-0.1, -0.05) is 13.0 Å². The Bertz CT molecular complexity index is 1340. The van der Waals surface area contributed by atoms with Gasteiger partial charge in [0.05, 0.1) is 31.6 Å². The monoisotopic (exact) mass is 513 g/mol. The first-order valence-electron chi connectivity index (χ1n) is 11.3. The summed E-state index contributed by atoms with van der Waals surface area (Å²) in [7, 11) is -0.947. The molecule has 1 saturated heterocycles. The molecule has 1 aliphatic heterocycles. The molecule has 1 fully saturated rings. The van der Waals surface area contributed by atoms with Crippen molar-refractivity contribution in [3.63, 3.8) is 0 Å². The van der Waals surface area contributed by atoms with E-state index in [1.165, 1.54) is 26.6 Å². The lowest BCUT2D eigenvalue weighted by molar-refractivity contribution is 0.193. The molecule has 0 amide bonds. The number of rotatable bonds is 9. The maximum Gasteiger partial charge on any atom is 0.243 e. The molecule has 4 rings (SSSR count). The highest BCUT2D eigenvalue weighted by atomic mass is 32.2. The quantitative estimate of drug-likeness (QED) is 0.451. The van der Waals surface area contributed by atoms with Gasteiger partial charge in [0.15, 0.2) is 0 Å². The number of nitriles is 1. The fourth-order valence-electron chi connectivity index (χ4n) is 3.97. The second kappa shape index (κ2) is 10.5. The third-order valence-electron chi connectivity index (χ3n) is 6.24. The Morgan fingerprint density at radius 3 is 2.39 bits per heavy atom. The summed E-state index contributed by atoms with van der Waals surface area (Å²) in [5.74, 6) is 1.10. The van der Waals surface area contributed by atoms with Gasteiger partial charge in [-0.25, -0.2) is 18.4 Å². The number of benzene rings is 1. The fraction of sp³-hybridized carbons (Fsp3) is 0.435. The third-order valence-corrected chi connectivity index (χ3v) is 8.10. The molecule has 1 aliphatic rings. The molecule has 0 spiro atoms. The maximum atomic E-state index is 13.5. The molecular formula is C23H27N7O5S. The summed E-state index contributed by atoms with van der Waals surface area (Å²) < 4.78 is 47.9. The van der Waals surface area contributed by atoms with Crippen LogP contribution in [-0.2, 0) is 14.8 Å². The van der Waals surface area contributed by atoms with Gasteiger partial charge < -0.3 is 14.2 Å². The minimum atomic E-state index is -3.99. The van der Waals surface area contributed by atoms with E-state index in [9.17, 15) is 8.42 Å². The Labute approximate surface area is 209 Å². The molecule has 36 heavy (non-hydrogen) atoms. The Balaban J connectivity index is 1.75. The van der Waals surface area contributed by atoms with Crippen molar-refractivity contribution in [2.75, 3.05) is 32.2 Å². The van der Waals surface area contributed by atoms with E-state index in [0.717, 1.165) is 0 Å². The van der Waals surface area contributed by atoms with Crippen LogP contribution in [0.4, 0.5) is 5.95 Å². The van der Waals surface area contributed by atoms with E-state index in [1.807, 2.05) is 6.07 Å². The summed E-state index contributed by atoms with van der Waals surface area (Å²) in [5, 5.41) is 16.6. The molecule has 3 heterocycles. The highest BCUT2D eigenvalue weighted by Crippen LogP contribution is 2.38. The standard InChI is InChI=1S/C23H27N7O5S/c1-14(21-25-11-16(10-24)12-26-21)15(2)36(31,32)29-23-28-27-22(17-8-9-35-13-17)30(23)20-18(33-3)6-5-7-19(20)34-4/h5-7,11-12,14-15,17H,8-9,13H2,1-4H3,(H,28,29)/t14?,15?,17-/m1/s1. The molecule has 0 radical (unpaired) electrons. The van der Waals surface area contributed by atoms with Crippen molar-refractivity contribution in [3.05, 3.63) is 47.8 Å². The zero-order chi connectivity index (χ0) is 25.9. The van der Waals surface area contributed by atoms with Crippen LogP contribution in [0.25, 0.3) is 5.69 Å². The van der Waals surface area contributed by atoms with Crippen molar-refractivity contribution >= 4 is 16.0 Å². The summed E-state index contributed by atoms with van der Waals surface area (Å²) in [5.41, 5.74) is 0.769. The average Bonchev–Trinajstić information content (AvgIpc) is 3.57. The predicted molar refractivity (Wildman–Crippen MR) is 130 cm³/mol. The zero-order valence-corrected chi connectivity index (χ0v) is 21.2. The molecule has 190 valence electrons. The third kappa shape index (κ3) is 4.82. The summed E-state index contributed by atoms with van der Waals surface area (Å²) >= 11 is 0. The second-order valence-electron chi connectivity index (χ2n) is 8.37. The molecular weight excluding hydrogens is 486 g/mol. The first-order valence-corrected chi connectivity index (χ1v) is 12.8.